The van der Waals surface area contributed by atoms with E-state index < -0.39 is 0 Å². The lowest BCUT2D eigenvalue weighted by Gasteiger charge is -2.01. The van der Waals surface area contributed by atoms with E-state index in [2.05, 4.69) is 15.1 Å². The van der Waals surface area contributed by atoms with Crippen molar-refractivity contribution in [3.05, 3.63) is 30.4 Å². The molecule has 2 aromatic rings. The molecule has 0 amide bonds. The minimum Gasteiger partial charge on any atom is -0.339 e. The molecule has 2 atom stereocenters. The summed E-state index contributed by atoms with van der Waals surface area (Å²) in [6.45, 7) is 0. The molecule has 1 aliphatic carbocycles. The monoisotopic (exact) mass is 266 g/mol. The Balaban J connectivity index is 0.00000120. The largest absolute Gasteiger partial charge is 0.339 e. The highest BCUT2D eigenvalue weighted by Crippen LogP contribution is 2.33. The van der Waals surface area contributed by atoms with Gasteiger partial charge in [-0.3, -0.25) is 4.98 Å². The average Bonchev–Trinajstić information content (AvgIpc) is 2.98. The second-order valence-corrected chi connectivity index (χ2v) is 4.46. The zero-order valence-corrected chi connectivity index (χ0v) is 10.6. The van der Waals surface area contributed by atoms with Crippen LogP contribution >= 0.6 is 12.4 Å². The Morgan fingerprint density at radius 2 is 2.00 bits per heavy atom. The fourth-order valence-electron chi connectivity index (χ4n) is 2.26. The van der Waals surface area contributed by atoms with E-state index in [0.717, 1.165) is 24.8 Å². The molecule has 2 heterocycles. The lowest BCUT2D eigenvalue weighted by atomic mass is 10.1. The van der Waals surface area contributed by atoms with E-state index in [0.29, 0.717) is 17.6 Å². The number of nitrogens with two attached hydrogens (primary N) is 1. The lowest BCUT2D eigenvalue weighted by molar-refractivity contribution is 0.353. The molecule has 18 heavy (non-hydrogen) atoms. The van der Waals surface area contributed by atoms with Crippen LogP contribution in [0.2, 0.25) is 0 Å². The van der Waals surface area contributed by atoms with Crippen LogP contribution in [0.25, 0.3) is 11.4 Å². The summed E-state index contributed by atoms with van der Waals surface area (Å²) in [5.74, 6) is 1.67. The topological polar surface area (TPSA) is 77.8 Å². The second-order valence-electron chi connectivity index (χ2n) is 4.46. The van der Waals surface area contributed by atoms with Crippen molar-refractivity contribution in [1.82, 2.24) is 15.1 Å². The molecule has 0 bridgehead atoms. The Morgan fingerprint density at radius 1 is 1.22 bits per heavy atom. The molecule has 0 spiro atoms. The van der Waals surface area contributed by atoms with E-state index >= 15 is 0 Å². The summed E-state index contributed by atoms with van der Waals surface area (Å²) in [4.78, 5) is 8.40. The summed E-state index contributed by atoms with van der Waals surface area (Å²) < 4.78 is 5.31. The van der Waals surface area contributed by atoms with Gasteiger partial charge in [-0.15, -0.1) is 12.4 Å². The fraction of sp³-hybridized carbons (Fsp3) is 0.417. The van der Waals surface area contributed by atoms with Gasteiger partial charge in [0.25, 0.3) is 0 Å². The van der Waals surface area contributed by atoms with Gasteiger partial charge in [0.2, 0.25) is 11.7 Å². The smallest absolute Gasteiger partial charge is 0.230 e. The van der Waals surface area contributed by atoms with Gasteiger partial charge in [0.05, 0.1) is 0 Å². The van der Waals surface area contributed by atoms with Gasteiger partial charge in [-0.05, 0) is 31.4 Å². The van der Waals surface area contributed by atoms with Crippen molar-refractivity contribution in [2.45, 2.75) is 31.2 Å². The fourth-order valence-corrected chi connectivity index (χ4v) is 2.26. The van der Waals surface area contributed by atoms with Gasteiger partial charge in [-0.2, -0.15) is 4.98 Å². The first-order chi connectivity index (χ1) is 8.33. The minimum absolute atomic E-state index is 0. The molecule has 5 nitrogen and oxygen atoms in total. The van der Waals surface area contributed by atoms with Gasteiger partial charge < -0.3 is 10.3 Å². The first kappa shape index (κ1) is 13.0. The van der Waals surface area contributed by atoms with E-state index in [1.54, 1.807) is 12.4 Å². The number of aromatic nitrogens is 3. The summed E-state index contributed by atoms with van der Waals surface area (Å²) in [6.07, 6.45) is 6.46. The van der Waals surface area contributed by atoms with E-state index in [4.69, 9.17) is 10.3 Å². The molecule has 2 aromatic heterocycles. The van der Waals surface area contributed by atoms with Gasteiger partial charge in [-0.1, -0.05) is 5.16 Å². The molecular weight excluding hydrogens is 252 g/mol. The second kappa shape index (κ2) is 5.46. The first-order valence-corrected chi connectivity index (χ1v) is 5.82. The van der Waals surface area contributed by atoms with Crippen molar-refractivity contribution >= 4 is 12.4 Å². The Kier molecular flexibility index (Phi) is 3.93. The molecule has 1 fully saturated rings. The molecular formula is C12H15ClN4O. The van der Waals surface area contributed by atoms with Gasteiger partial charge in [0, 0.05) is 29.9 Å². The van der Waals surface area contributed by atoms with Crippen LogP contribution in [-0.2, 0) is 0 Å². The van der Waals surface area contributed by atoms with Crippen molar-refractivity contribution in [1.29, 1.82) is 0 Å². The van der Waals surface area contributed by atoms with Crippen LogP contribution in [0.1, 0.15) is 31.1 Å². The predicted molar refractivity (Wildman–Crippen MR) is 69.3 cm³/mol. The molecule has 0 saturated heterocycles. The van der Waals surface area contributed by atoms with Crippen LogP contribution < -0.4 is 5.73 Å². The van der Waals surface area contributed by atoms with E-state index in [1.165, 1.54) is 0 Å². The number of pyridine rings is 1. The van der Waals surface area contributed by atoms with Crippen molar-refractivity contribution in [3.8, 4) is 11.4 Å². The maximum absolute atomic E-state index is 5.88. The highest BCUT2D eigenvalue weighted by atomic mass is 35.5. The Bertz CT molecular complexity index is 502. The van der Waals surface area contributed by atoms with Crippen LogP contribution in [0.5, 0.6) is 0 Å². The Labute approximate surface area is 111 Å². The molecule has 0 aromatic carbocycles. The number of rotatable bonds is 2. The predicted octanol–water partition coefficient (Wildman–Crippen LogP) is 2.15. The van der Waals surface area contributed by atoms with Crippen molar-refractivity contribution in [2.24, 2.45) is 5.73 Å². The molecule has 1 aliphatic rings. The van der Waals surface area contributed by atoms with Crippen molar-refractivity contribution in [3.63, 3.8) is 0 Å². The number of hydrogen-bond acceptors (Lipinski definition) is 5. The maximum atomic E-state index is 5.88. The van der Waals surface area contributed by atoms with Crippen molar-refractivity contribution in [2.75, 3.05) is 0 Å². The summed E-state index contributed by atoms with van der Waals surface area (Å²) in [6, 6.07) is 4.01. The summed E-state index contributed by atoms with van der Waals surface area (Å²) in [5.41, 5.74) is 6.81. The van der Waals surface area contributed by atoms with E-state index in [-0.39, 0.29) is 18.4 Å². The number of halogens is 1. The number of hydrogen-bond donors (Lipinski definition) is 1. The molecule has 96 valence electrons. The normalized spacial score (nSPS) is 22.7. The van der Waals surface area contributed by atoms with Crippen LogP contribution in [0.3, 0.4) is 0 Å². The zero-order chi connectivity index (χ0) is 11.7. The zero-order valence-electron chi connectivity index (χ0n) is 9.82. The highest BCUT2D eigenvalue weighted by molar-refractivity contribution is 5.85. The van der Waals surface area contributed by atoms with Gasteiger partial charge in [0.1, 0.15) is 0 Å². The quantitative estimate of drug-likeness (QED) is 0.901. The van der Waals surface area contributed by atoms with Crippen LogP contribution in [0.15, 0.2) is 29.0 Å². The minimum atomic E-state index is 0. The maximum Gasteiger partial charge on any atom is 0.230 e. The van der Waals surface area contributed by atoms with Crippen LogP contribution in [-0.4, -0.2) is 21.2 Å². The molecule has 3 rings (SSSR count). The SMILES string of the molecule is Cl.NC1CCC(c2nc(-c3ccncc3)no2)C1. The van der Waals surface area contributed by atoms with E-state index in [1.807, 2.05) is 12.1 Å². The summed E-state index contributed by atoms with van der Waals surface area (Å²) >= 11 is 0. The lowest BCUT2D eigenvalue weighted by Crippen LogP contribution is -2.14. The van der Waals surface area contributed by atoms with Crippen LogP contribution in [0, 0.1) is 0 Å². The molecule has 2 N–H and O–H groups in total. The van der Waals surface area contributed by atoms with E-state index in [9.17, 15) is 0 Å². The number of nitrogens with zero attached hydrogens (tertiary/aromatic N) is 3. The Morgan fingerprint density at radius 3 is 2.67 bits per heavy atom. The van der Waals surface area contributed by atoms with Gasteiger partial charge in [0.15, 0.2) is 0 Å². The third-order valence-electron chi connectivity index (χ3n) is 3.20. The summed E-state index contributed by atoms with van der Waals surface area (Å²) in [5, 5.41) is 4.00. The molecule has 0 radical (unpaired) electrons. The molecule has 6 heteroatoms. The van der Waals surface area contributed by atoms with Gasteiger partial charge in [-0.25, -0.2) is 0 Å². The average molecular weight is 267 g/mol. The third-order valence-corrected chi connectivity index (χ3v) is 3.20. The third kappa shape index (κ3) is 2.52. The van der Waals surface area contributed by atoms with Crippen LogP contribution in [0.4, 0.5) is 0 Å². The molecule has 0 aliphatic heterocycles. The molecule has 1 saturated carbocycles. The molecule has 2 unspecified atom stereocenters. The Hall–Kier alpha value is -1.46. The highest BCUT2D eigenvalue weighted by Gasteiger charge is 2.27. The summed E-state index contributed by atoms with van der Waals surface area (Å²) in [7, 11) is 0. The van der Waals surface area contributed by atoms with Crippen molar-refractivity contribution < 1.29 is 4.52 Å². The van der Waals surface area contributed by atoms with Gasteiger partial charge >= 0.3 is 0 Å². The first-order valence-electron chi connectivity index (χ1n) is 5.82. The standard InChI is InChI=1S/C12H14N4O.ClH/c13-10-2-1-9(7-10)12-15-11(16-17-12)8-3-5-14-6-4-8;/h3-6,9-10H,1-2,7,13H2;1H.